The Morgan fingerprint density at radius 3 is 2.76 bits per heavy atom. The Bertz CT molecular complexity index is 977. The molecule has 0 aliphatic carbocycles. The molecule has 1 fully saturated rings. The van der Waals surface area contributed by atoms with Crippen LogP contribution < -0.4 is 10.1 Å². The summed E-state index contributed by atoms with van der Waals surface area (Å²) in [7, 11) is 1.55. The van der Waals surface area contributed by atoms with Gasteiger partial charge in [0.05, 0.1) is 18.4 Å². The summed E-state index contributed by atoms with van der Waals surface area (Å²) in [6.07, 6.45) is 1.52. The number of ether oxygens (including phenoxy) is 1. The van der Waals surface area contributed by atoms with E-state index in [1.54, 1.807) is 37.4 Å². The topological polar surface area (TPSA) is 75.7 Å². The molecule has 0 saturated carbocycles. The van der Waals surface area contributed by atoms with Gasteiger partial charge in [-0.2, -0.15) is 0 Å². The number of benzene rings is 2. The van der Waals surface area contributed by atoms with Crippen molar-refractivity contribution in [2.45, 2.75) is 6.42 Å². The Kier molecular flexibility index (Phi) is 6.66. The molecule has 1 aliphatic rings. The van der Waals surface area contributed by atoms with Gasteiger partial charge < -0.3 is 10.1 Å². The zero-order valence-electron chi connectivity index (χ0n) is 15.7. The fraction of sp³-hybridized carbons (Fsp3) is 0.190. The van der Waals surface area contributed by atoms with E-state index in [1.807, 2.05) is 6.07 Å². The van der Waals surface area contributed by atoms with Gasteiger partial charge in [-0.3, -0.25) is 19.3 Å². The van der Waals surface area contributed by atoms with Crippen molar-refractivity contribution in [3.8, 4) is 5.75 Å². The second-order valence-electron chi connectivity index (χ2n) is 6.23. The second-order valence-corrected chi connectivity index (χ2v) is 7.23. The molecule has 8 heteroatoms. The molecule has 29 heavy (non-hydrogen) atoms. The Morgan fingerprint density at radius 2 is 2.00 bits per heavy atom. The van der Waals surface area contributed by atoms with Crippen LogP contribution in [0.15, 0.2) is 53.4 Å². The Morgan fingerprint density at radius 1 is 1.21 bits per heavy atom. The van der Waals surface area contributed by atoms with E-state index in [2.05, 4.69) is 5.32 Å². The monoisotopic (exact) mass is 414 g/mol. The summed E-state index contributed by atoms with van der Waals surface area (Å²) >= 11 is 0.756. The largest absolute Gasteiger partial charge is 0.497 e. The third kappa shape index (κ3) is 5.23. The van der Waals surface area contributed by atoms with Crippen molar-refractivity contribution < 1.29 is 23.5 Å². The van der Waals surface area contributed by atoms with Crippen LogP contribution in [0.3, 0.4) is 0 Å². The molecule has 0 aromatic heterocycles. The summed E-state index contributed by atoms with van der Waals surface area (Å²) in [5.74, 6) is -0.531. The molecule has 1 N–H and O–H groups in total. The summed E-state index contributed by atoms with van der Waals surface area (Å²) in [6, 6.07) is 13.2. The van der Waals surface area contributed by atoms with Crippen LogP contribution >= 0.6 is 11.8 Å². The fourth-order valence-electron chi connectivity index (χ4n) is 2.76. The number of hydrogen-bond acceptors (Lipinski definition) is 5. The van der Waals surface area contributed by atoms with Crippen molar-refractivity contribution in [3.63, 3.8) is 0 Å². The molecular weight excluding hydrogens is 395 g/mol. The van der Waals surface area contributed by atoms with E-state index in [4.69, 9.17) is 4.74 Å². The fourth-order valence-corrected chi connectivity index (χ4v) is 3.62. The molecule has 1 aliphatic heterocycles. The average Bonchev–Trinajstić information content (AvgIpc) is 2.97. The lowest BCUT2D eigenvalue weighted by Gasteiger charge is -2.13. The van der Waals surface area contributed by atoms with Crippen molar-refractivity contribution in [3.05, 3.63) is 70.4 Å². The molecule has 0 radical (unpaired) electrons. The van der Waals surface area contributed by atoms with Crippen LogP contribution in [0.2, 0.25) is 0 Å². The lowest BCUT2D eigenvalue weighted by molar-refractivity contribution is -0.124. The first-order valence-electron chi connectivity index (χ1n) is 8.87. The first-order chi connectivity index (χ1) is 14.0. The molecule has 150 valence electrons. The minimum Gasteiger partial charge on any atom is -0.497 e. The molecule has 6 nitrogen and oxygen atoms in total. The molecule has 1 saturated heterocycles. The van der Waals surface area contributed by atoms with Crippen LogP contribution in [0, 0.1) is 5.82 Å². The smallest absolute Gasteiger partial charge is 0.293 e. The van der Waals surface area contributed by atoms with Crippen LogP contribution in [-0.2, 0) is 16.0 Å². The summed E-state index contributed by atoms with van der Waals surface area (Å²) in [6.45, 7) is 0.178. The van der Waals surface area contributed by atoms with E-state index in [-0.39, 0.29) is 35.9 Å². The molecule has 3 amide bonds. The van der Waals surface area contributed by atoms with Crippen molar-refractivity contribution in [2.24, 2.45) is 0 Å². The molecule has 2 aromatic rings. The van der Waals surface area contributed by atoms with E-state index >= 15 is 0 Å². The van der Waals surface area contributed by atoms with Gasteiger partial charge >= 0.3 is 0 Å². The van der Waals surface area contributed by atoms with Crippen LogP contribution in [0.5, 0.6) is 5.75 Å². The van der Waals surface area contributed by atoms with Crippen molar-refractivity contribution in [2.75, 3.05) is 20.2 Å². The number of methoxy groups -OCH3 is 1. The second kappa shape index (κ2) is 9.38. The van der Waals surface area contributed by atoms with Crippen molar-refractivity contribution in [1.29, 1.82) is 0 Å². The number of rotatable bonds is 7. The maximum Gasteiger partial charge on any atom is 0.293 e. The molecule has 2 aromatic carbocycles. The number of halogens is 1. The third-order valence-corrected chi connectivity index (χ3v) is 5.13. The highest BCUT2D eigenvalue weighted by Gasteiger charge is 2.34. The Hall–Kier alpha value is -3.13. The van der Waals surface area contributed by atoms with Gasteiger partial charge in [-0.05, 0) is 41.6 Å². The van der Waals surface area contributed by atoms with E-state index in [0.717, 1.165) is 22.2 Å². The first-order valence-corrected chi connectivity index (χ1v) is 9.69. The molecule has 0 atom stereocenters. The minimum atomic E-state index is -0.495. The predicted octanol–water partition coefficient (Wildman–Crippen LogP) is 3.23. The zero-order chi connectivity index (χ0) is 20.8. The SMILES string of the molecule is COc1cccc(CC(=O)NCCN2C(=O)SC(=Cc3ccccc3F)C2=O)c1. The quantitative estimate of drug-likeness (QED) is 0.704. The number of carbonyl (C=O) groups is 3. The van der Waals surface area contributed by atoms with Crippen LogP contribution in [-0.4, -0.2) is 42.2 Å². The lowest BCUT2D eigenvalue weighted by atomic mass is 10.1. The van der Waals surface area contributed by atoms with E-state index < -0.39 is 17.0 Å². The summed E-state index contributed by atoms with van der Waals surface area (Å²) in [4.78, 5) is 37.8. The average molecular weight is 414 g/mol. The maximum absolute atomic E-state index is 13.8. The number of nitrogens with zero attached hydrogens (tertiary/aromatic N) is 1. The lowest BCUT2D eigenvalue weighted by Crippen LogP contribution is -2.37. The number of nitrogens with one attached hydrogen (secondary N) is 1. The van der Waals surface area contributed by atoms with Crippen LogP contribution in [0.25, 0.3) is 6.08 Å². The highest BCUT2D eigenvalue weighted by molar-refractivity contribution is 8.18. The highest BCUT2D eigenvalue weighted by atomic mass is 32.2. The minimum absolute atomic E-state index is 0.0448. The van der Waals surface area contributed by atoms with Gasteiger partial charge in [0.25, 0.3) is 11.1 Å². The van der Waals surface area contributed by atoms with E-state index in [0.29, 0.717) is 5.75 Å². The first kappa shape index (κ1) is 20.6. The van der Waals surface area contributed by atoms with Gasteiger partial charge in [0.15, 0.2) is 0 Å². The van der Waals surface area contributed by atoms with Gasteiger partial charge in [-0.25, -0.2) is 4.39 Å². The normalized spacial score (nSPS) is 15.1. The zero-order valence-corrected chi connectivity index (χ0v) is 16.5. The van der Waals surface area contributed by atoms with Crippen molar-refractivity contribution >= 4 is 34.9 Å². The van der Waals surface area contributed by atoms with Gasteiger partial charge in [0, 0.05) is 18.7 Å². The van der Waals surface area contributed by atoms with Gasteiger partial charge in [0.1, 0.15) is 11.6 Å². The van der Waals surface area contributed by atoms with Gasteiger partial charge in [0.2, 0.25) is 5.91 Å². The predicted molar refractivity (Wildman–Crippen MR) is 109 cm³/mol. The third-order valence-electron chi connectivity index (χ3n) is 4.22. The Labute approximate surface area is 171 Å². The molecular formula is C21H19FN2O4S. The molecule has 0 bridgehead atoms. The molecule has 0 spiro atoms. The van der Waals surface area contributed by atoms with Crippen molar-refractivity contribution in [1.82, 2.24) is 10.2 Å². The number of imide groups is 1. The van der Waals surface area contributed by atoms with Gasteiger partial charge in [-0.1, -0.05) is 30.3 Å². The van der Waals surface area contributed by atoms with Crippen LogP contribution in [0.4, 0.5) is 9.18 Å². The highest BCUT2D eigenvalue weighted by Crippen LogP contribution is 2.32. The summed E-state index contributed by atoms with van der Waals surface area (Å²) in [5, 5.41) is 2.25. The summed E-state index contributed by atoms with van der Waals surface area (Å²) in [5.41, 5.74) is 1.03. The van der Waals surface area contributed by atoms with E-state index in [9.17, 15) is 18.8 Å². The van der Waals surface area contributed by atoms with Gasteiger partial charge in [-0.15, -0.1) is 0 Å². The van der Waals surface area contributed by atoms with Crippen LogP contribution in [0.1, 0.15) is 11.1 Å². The molecule has 1 heterocycles. The number of amides is 3. The Balaban J connectivity index is 1.54. The standard InChI is InChI=1S/C21H19FN2O4S/c1-28-16-7-4-5-14(11-16)12-19(25)23-9-10-24-20(26)18(29-21(24)27)13-15-6-2-3-8-17(15)22/h2-8,11,13H,9-10,12H2,1H3,(H,23,25). The maximum atomic E-state index is 13.8. The number of thioether (sulfide) groups is 1. The molecule has 0 unspecified atom stereocenters. The summed E-state index contributed by atoms with van der Waals surface area (Å²) < 4.78 is 18.9. The number of carbonyl (C=O) groups excluding carboxylic acids is 3. The number of hydrogen-bond donors (Lipinski definition) is 1. The molecule has 3 rings (SSSR count). The van der Waals surface area contributed by atoms with E-state index in [1.165, 1.54) is 18.2 Å².